The second-order valence-electron chi connectivity index (χ2n) is 5.48. The van der Waals surface area contributed by atoms with Crippen LogP contribution in [0.1, 0.15) is 17.5 Å². The first-order valence-electron chi connectivity index (χ1n) is 7.80. The van der Waals surface area contributed by atoms with Crippen molar-refractivity contribution in [3.8, 4) is 5.75 Å². The Morgan fingerprint density at radius 3 is 2.62 bits per heavy atom. The average molecular weight is 387 g/mol. The molecule has 0 heterocycles. The summed E-state index contributed by atoms with van der Waals surface area (Å²) in [5, 5.41) is 5.55. The molecule has 140 valence electrons. The van der Waals surface area contributed by atoms with Gasteiger partial charge in [0.1, 0.15) is 5.75 Å². The maximum absolute atomic E-state index is 12.7. The molecular formula is C18H18ClF3N2O2. The predicted octanol–water partition coefficient (Wildman–Crippen LogP) is 4.49. The van der Waals surface area contributed by atoms with Gasteiger partial charge in [-0.15, -0.1) is 0 Å². The van der Waals surface area contributed by atoms with Gasteiger partial charge in [-0.05, 0) is 24.3 Å². The molecule has 8 heteroatoms. The van der Waals surface area contributed by atoms with Gasteiger partial charge in [-0.2, -0.15) is 13.2 Å². The molecule has 0 spiro atoms. The topological polar surface area (TPSA) is 50.4 Å². The van der Waals surface area contributed by atoms with Crippen LogP contribution in [0, 0.1) is 0 Å². The lowest BCUT2D eigenvalue weighted by Gasteiger charge is -2.12. The highest BCUT2D eigenvalue weighted by molar-refractivity contribution is 6.33. The highest BCUT2D eigenvalue weighted by Crippen LogP contribution is 2.33. The summed E-state index contributed by atoms with van der Waals surface area (Å²) in [6.45, 7) is 0.849. The standard InChI is InChI=1S/C18H18ClF3N2O2/c1-26-16-5-3-2-4-12(16)11-23-9-8-17(25)24-15-10-13(18(20,21)22)6-7-14(15)19/h2-7,10,23H,8-9,11H2,1H3,(H,24,25). The third kappa shape index (κ3) is 5.64. The molecule has 0 bridgehead atoms. The molecular weight excluding hydrogens is 369 g/mol. The van der Waals surface area contributed by atoms with Gasteiger partial charge in [0.15, 0.2) is 0 Å². The third-order valence-electron chi connectivity index (χ3n) is 3.60. The molecule has 2 rings (SSSR count). The van der Waals surface area contributed by atoms with Crippen LogP contribution in [-0.4, -0.2) is 19.6 Å². The molecule has 4 nitrogen and oxygen atoms in total. The summed E-state index contributed by atoms with van der Waals surface area (Å²) < 4.78 is 43.4. The molecule has 0 aliphatic heterocycles. The zero-order valence-corrected chi connectivity index (χ0v) is 14.7. The highest BCUT2D eigenvalue weighted by Gasteiger charge is 2.31. The van der Waals surface area contributed by atoms with E-state index in [2.05, 4.69) is 10.6 Å². The van der Waals surface area contributed by atoms with Crippen molar-refractivity contribution in [1.29, 1.82) is 0 Å². The lowest BCUT2D eigenvalue weighted by Crippen LogP contribution is -2.22. The molecule has 0 unspecified atom stereocenters. The molecule has 0 saturated carbocycles. The molecule has 0 radical (unpaired) electrons. The molecule has 0 aromatic heterocycles. The number of nitrogens with one attached hydrogen (secondary N) is 2. The van der Waals surface area contributed by atoms with E-state index in [-0.39, 0.29) is 17.1 Å². The summed E-state index contributed by atoms with van der Waals surface area (Å²) in [6, 6.07) is 10.3. The number of rotatable bonds is 7. The summed E-state index contributed by atoms with van der Waals surface area (Å²) >= 11 is 5.85. The van der Waals surface area contributed by atoms with Crippen LogP contribution in [0.4, 0.5) is 18.9 Å². The molecule has 0 saturated heterocycles. The molecule has 0 aliphatic rings. The fourth-order valence-corrected chi connectivity index (χ4v) is 2.45. The Balaban J connectivity index is 1.86. The maximum Gasteiger partial charge on any atom is 0.416 e. The van der Waals surface area contributed by atoms with Gasteiger partial charge in [-0.3, -0.25) is 4.79 Å². The minimum atomic E-state index is -4.50. The Hall–Kier alpha value is -2.25. The van der Waals surface area contributed by atoms with Gasteiger partial charge in [0.05, 0.1) is 23.4 Å². The number of methoxy groups -OCH3 is 1. The third-order valence-corrected chi connectivity index (χ3v) is 3.93. The van der Waals surface area contributed by atoms with Gasteiger partial charge in [-0.25, -0.2) is 0 Å². The van der Waals surface area contributed by atoms with Crippen LogP contribution < -0.4 is 15.4 Å². The Morgan fingerprint density at radius 1 is 1.19 bits per heavy atom. The molecule has 2 N–H and O–H groups in total. The molecule has 26 heavy (non-hydrogen) atoms. The van der Waals surface area contributed by atoms with E-state index >= 15 is 0 Å². The molecule has 0 aliphatic carbocycles. The second-order valence-corrected chi connectivity index (χ2v) is 5.89. The van der Waals surface area contributed by atoms with Crippen LogP contribution in [0.2, 0.25) is 5.02 Å². The van der Waals surface area contributed by atoms with Crippen molar-refractivity contribution in [3.05, 3.63) is 58.6 Å². The molecule has 1 amide bonds. The average Bonchev–Trinajstić information content (AvgIpc) is 2.60. The molecule has 2 aromatic rings. The van der Waals surface area contributed by atoms with Crippen molar-refractivity contribution in [3.63, 3.8) is 0 Å². The number of hydrogen-bond acceptors (Lipinski definition) is 3. The van der Waals surface area contributed by atoms with Crippen molar-refractivity contribution in [2.75, 3.05) is 19.0 Å². The van der Waals surface area contributed by atoms with Crippen molar-refractivity contribution < 1.29 is 22.7 Å². The second kappa shape index (κ2) is 8.91. The van der Waals surface area contributed by atoms with E-state index in [1.165, 1.54) is 0 Å². The lowest BCUT2D eigenvalue weighted by molar-refractivity contribution is -0.137. The van der Waals surface area contributed by atoms with Crippen LogP contribution in [-0.2, 0) is 17.5 Å². The van der Waals surface area contributed by atoms with Gasteiger partial charge in [0, 0.05) is 25.1 Å². The molecule has 0 atom stereocenters. The number of alkyl halides is 3. The van der Waals surface area contributed by atoms with E-state index in [0.717, 1.165) is 29.5 Å². The monoisotopic (exact) mass is 386 g/mol. The van der Waals surface area contributed by atoms with Gasteiger partial charge in [0.25, 0.3) is 0 Å². The van der Waals surface area contributed by atoms with Gasteiger partial charge in [0.2, 0.25) is 5.91 Å². The van der Waals surface area contributed by atoms with E-state index in [0.29, 0.717) is 13.1 Å². The normalized spacial score (nSPS) is 11.3. The number of carbonyl (C=O) groups is 1. The van der Waals surface area contributed by atoms with Crippen LogP contribution in [0.25, 0.3) is 0 Å². The van der Waals surface area contributed by atoms with Crippen molar-refractivity contribution >= 4 is 23.2 Å². The Kier molecular flexibility index (Phi) is 6.88. The Morgan fingerprint density at radius 2 is 1.92 bits per heavy atom. The van der Waals surface area contributed by atoms with Crippen LogP contribution in [0.15, 0.2) is 42.5 Å². The number of ether oxygens (including phenoxy) is 1. The fourth-order valence-electron chi connectivity index (χ4n) is 2.28. The number of amides is 1. The summed E-state index contributed by atoms with van der Waals surface area (Å²) in [6.07, 6.45) is -4.41. The highest BCUT2D eigenvalue weighted by atomic mass is 35.5. The molecule has 2 aromatic carbocycles. The first kappa shape index (κ1) is 20.1. The number of carbonyl (C=O) groups excluding carboxylic acids is 1. The minimum absolute atomic E-state index is 0.0494. The quantitative estimate of drug-likeness (QED) is 0.689. The van der Waals surface area contributed by atoms with E-state index in [9.17, 15) is 18.0 Å². The van der Waals surface area contributed by atoms with Gasteiger partial charge < -0.3 is 15.4 Å². The Bertz CT molecular complexity index is 766. The predicted molar refractivity (Wildman–Crippen MR) is 94.4 cm³/mol. The number of benzene rings is 2. The first-order valence-corrected chi connectivity index (χ1v) is 8.18. The first-order chi connectivity index (χ1) is 12.3. The summed E-state index contributed by atoms with van der Waals surface area (Å²) in [7, 11) is 1.57. The maximum atomic E-state index is 12.7. The summed E-state index contributed by atoms with van der Waals surface area (Å²) in [5.74, 6) is 0.305. The van der Waals surface area contributed by atoms with E-state index in [1.54, 1.807) is 7.11 Å². The fraction of sp³-hybridized carbons (Fsp3) is 0.278. The van der Waals surface area contributed by atoms with Crippen LogP contribution in [0.5, 0.6) is 5.75 Å². The zero-order chi connectivity index (χ0) is 19.2. The zero-order valence-electron chi connectivity index (χ0n) is 14.0. The number of anilines is 1. The number of hydrogen-bond donors (Lipinski definition) is 2. The van der Waals surface area contributed by atoms with Crippen LogP contribution >= 0.6 is 11.6 Å². The van der Waals surface area contributed by atoms with Crippen molar-refractivity contribution in [2.24, 2.45) is 0 Å². The summed E-state index contributed by atoms with van der Waals surface area (Å²) in [4.78, 5) is 11.9. The SMILES string of the molecule is COc1ccccc1CNCCC(=O)Nc1cc(C(F)(F)F)ccc1Cl. The Labute approximate surface area is 154 Å². The van der Waals surface area contributed by atoms with Crippen molar-refractivity contribution in [2.45, 2.75) is 19.1 Å². The smallest absolute Gasteiger partial charge is 0.416 e. The minimum Gasteiger partial charge on any atom is -0.496 e. The van der Waals surface area contributed by atoms with Gasteiger partial charge >= 0.3 is 6.18 Å². The van der Waals surface area contributed by atoms with Crippen molar-refractivity contribution in [1.82, 2.24) is 5.32 Å². The van der Waals surface area contributed by atoms with Crippen LogP contribution in [0.3, 0.4) is 0 Å². The van der Waals surface area contributed by atoms with Gasteiger partial charge in [-0.1, -0.05) is 29.8 Å². The summed E-state index contributed by atoms with van der Waals surface area (Å²) in [5.41, 5.74) is 0.0130. The van der Waals surface area contributed by atoms with E-state index < -0.39 is 17.6 Å². The van der Waals surface area contributed by atoms with E-state index in [1.807, 2.05) is 24.3 Å². The molecule has 0 fully saturated rings. The number of halogens is 4. The number of para-hydroxylation sites is 1. The largest absolute Gasteiger partial charge is 0.496 e. The van der Waals surface area contributed by atoms with E-state index in [4.69, 9.17) is 16.3 Å². The lowest BCUT2D eigenvalue weighted by atomic mass is 10.2.